The molecule has 0 spiro atoms. The summed E-state index contributed by atoms with van der Waals surface area (Å²) in [4.78, 5) is 13.9. The zero-order valence-corrected chi connectivity index (χ0v) is 19.1. The number of hydrogen-bond donors (Lipinski definition) is 0. The lowest BCUT2D eigenvalue weighted by Crippen LogP contribution is -2.49. The Labute approximate surface area is 183 Å². The second-order valence-corrected chi connectivity index (χ2v) is 9.73. The molecule has 10 heteroatoms. The maximum absolute atomic E-state index is 13.1. The highest BCUT2D eigenvalue weighted by molar-refractivity contribution is 7.89. The molecule has 2 saturated heterocycles. The molecule has 31 heavy (non-hydrogen) atoms. The monoisotopic (exact) mass is 447 g/mol. The smallest absolute Gasteiger partial charge is 0.243 e. The Hall–Kier alpha value is -2.43. The largest absolute Gasteiger partial charge is 0.496 e. The van der Waals surface area contributed by atoms with E-state index in [1.54, 1.807) is 25.3 Å². The van der Waals surface area contributed by atoms with Gasteiger partial charge in [0.05, 0.1) is 25.2 Å². The van der Waals surface area contributed by atoms with Gasteiger partial charge < -0.3 is 19.3 Å². The molecule has 0 radical (unpaired) electrons. The van der Waals surface area contributed by atoms with Gasteiger partial charge in [0.25, 0.3) is 0 Å². The van der Waals surface area contributed by atoms with E-state index in [2.05, 4.69) is 14.8 Å². The van der Waals surface area contributed by atoms with Gasteiger partial charge in [-0.15, -0.1) is 0 Å². The number of morpholine rings is 1. The molecule has 0 amide bonds. The summed E-state index contributed by atoms with van der Waals surface area (Å²) in [5, 5.41) is 0. The number of hydrogen-bond acceptors (Lipinski definition) is 8. The number of aryl methyl sites for hydroxylation is 2. The molecule has 2 fully saturated rings. The standard InChI is InChI=1S/C21H29N5O4S/c1-16-14-18(4-5-19(16)29-3)31(27,28)26-8-6-25(7-9-26)21-22-17(2)15-20(23-21)24-10-12-30-13-11-24/h4-5,14-15H,6-13H2,1-3H3. The van der Waals surface area contributed by atoms with Crippen LogP contribution in [0.1, 0.15) is 11.3 Å². The van der Waals surface area contributed by atoms with E-state index in [4.69, 9.17) is 14.5 Å². The van der Waals surface area contributed by atoms with Crippen LogP contribution in [-0.4, -0.2) is 82.3 Å². The van der Waals surface area contributed by atoms with Crippen LogP contribution >= 0.6 is 0 Å². The highest BCUT2D eigenvalue weighted by Crippen LogP contribution is 2.25. The second-order valence-electron chi connectivity index (χ2n) is 7.79. The Balaban J connectivity index is 1.47. The zero-order chi connectivity index (χ0) is 22.0. The number of rotatable bonds is 5. The number of piperazine rings is 1. The maximum Gasteiger partial charge on any atom is 0.243 e. The van der Waals surface area contributed by atoms with Crippen molar-refractivity contribution in [2.75, 3.05) is 69.4 Å². The minimum atomic E-state index is -3.56. The van der Waals surface area contributed by atoms with E-state index in [1.165, 1.54) is 4.31 Å². The Morgan fingerprint density at radius 2 is 1.65 bits per heavy atom. The van der Waals surface area contributed by atoms with E-state index in [0.717, 1.165) is 30.2 Å². The van der Waals surface area contributed by atoms with E-state index in [-0.39, 0.29) is 0 Å². The van der Waals surface area contributed by atoms with Gasteiger partial charge in [0.1, 0.15) is 11.6 Å². The molecule has 0 aliphatic carbocycles. The van der Waals surface area contributed by atoms with Crippen LogP contribution in [0.15, 0.2) is 29.2 Å². The van der Waals surface area contributed by atoms with Gasteiger partial charge in [-0.2, -0.15) is 9.29 Å². The predicted molar refractivity (Wildman–Crippen MR) is 119 cm³/mol. The normalized spacial score (nSPS) is 18.3. The maximum atomic E-state index is 13.1. The number of nitrogens with zero attached hydrogens (tertiary/aromatic N) is 5. The third-order valence-corrected chi connectivity index (χ3v) is 7.58. The minimum absolute atomic E-state index is 0.292. The van der Waals surface area contributed by atoms with Gasteiger partial charge in [-0.05, 0) is 37.6 Å². The Morgan fingerprint density at radius 3 is 2.29 bits per heavy atom. The summed E-state index contributed by atoms with van der Waals surface area (Å²) >= 11 is 0. The van der Waals surface area contributed by atoms with Crippen LogP contribution in [-0.2, 0) is 14.8 Å². The molecule has 168 valence electrons. The summed E-state index contributed by atoms with van der Waals surface area (Å²) in [5.41, 5.74) is 1.70. The first-order valence-electron chi connectivity index (χ1n) is 10.5. The van der Waals surface area contributed by atoms with Crippen molar-refractivity contribution in [2.24, 2.45) is 0 Å². The lowest BCUT2D eigenvalue weighted by Gasteiger charge is -2.35. The fourth-order valence-corrected chi connectivity index (χ4v) is 5.43. The number of benzene rings is 1. The van der Waals surface area contributed by atoms with Gasteiger partial charge in [-0.25, -0.2) is 13.4 Å². The Morgan fingerprint density at radius 1 is 0.935 bits per heavy atom. The van der Waals surface area contributed by atoms with Crippen molar-refractivity contribution in [3.63, 3.8) is 0 Å². The van der Waals surface area contributed by atoms with Gasteiger partial charge in [0.15, 0.2) is 0 Å². The van der Waals surface area contributed by atoms with Crippen molar-refractivity contribution < 1.29 is 17.9 Å². The zero-order valence-electron chi connectivity index (χ0n) is 18.2. The molecule has 0 bridgehead atoms. The van der Waals surface area contributed by atoms with Crippen molar-refractivity contribution in [3.8, 4) is 5.75 Å². The summed E-state index contributed by atoms with van der Waals surface area (Å²) in [7, 11) is -1.98. The average molecular weight is 448 g/mol. The van der Waals surface area contributed by atoms with Crippen LogP contribution in [0.4, 0.5) is 11.8 Å². The molecule has 2 aliphatic heterocycles. The summed E-state index contributed by atoms with van der Waals surface area (Å²) in [6, 6.07) is 6.96. The molecule has 0 atom stereocenters. The number of ether oxygens (including phenoxy) is 2. The number of methoxy groups -OCH3 is 1. The van der Waals surface area contributed by atoms with Gasteiger partial charge in [-0.1, -0.05) is 0 Å². The van der Waals surface area contributed by atoms with Crippen molar-refractivity contribution in [3.05, 3.63) is 35.5 Å². The van der Waals surface area contributed by atoms with E-state index < -0.39 is 10.0 Å². The molecule has 2 aromatic rings. The highest BCUT2D eigenvalue weighted by Gasteiger charge is 2.30. The van der Waals surface area contributed by atoms with Gasteiger partial charge in [0, 0.05) is 51.0 Å². The molecule has 9 nitrogen and oxygen atoms in total. The van der Waals surface area contributed by atoms with E-state index >= 15 is 0 Å². The van der Waals surface area contributed by atoms with Crippen molar-refractivity contribution in [2.45, 2.75) is 18.7 Å². The Kier molecular flexibility index (Phi) is 6.31. The van der Waals surface area contributed by atoms with Crippen LogP contribution in [0.25, 0.3) is 0 Å². The lowest BCUT2D eigenvalue weighted by atomic mass is 10.2. The third kappa shape index (κ3) is 4.60. The fourth-order valence-electron chi connectivity index (χ4n) is 3.92. The molecule has 1 aromatic carbocycles. The molecular formula is C21H29N5O4S. The first-order chi connectivity index (χ1) is 14.9. The van der Waals surface area contributed by atoms with Crippen molar-refractivity contribution in [1.29, 1.82) is 0 Å². The van der Waals surface area contributed by atoms with Crippen LogP contribution in [0.2, 0.25) is 0 Å². The van der Waals surface area contributed by atoms with E-state index in [9.17, 15) is 8.42 Å². The molecular weight excluding hydrogens is 418 g/mol. The number of sulfonamides is 1. The van der Waals surface area contributed by atoms with Crippen molar-refractivity contribution >= 4 is 21.8 Å². The molecule has 1 aromatic heterocycles. The molecule has 2 aliphatic rings. The minimum Gasteiger partial charge on any atom is -0.496 e. The molecule has 0 unspecified atom stereocenters. The first-order valence-corrected chi connectivity index (χ1v) is 11.9. The molecule has 0 N–H and O–H groups in total. The average Bonchev–Trinajstić information content (AvgIpc) is 2.79. The third-order valence-electron chi connectivity index (χ3n) is 5.69. The van der Waals surface area contributed by atoms with Gasteiger partial charge >= 0.3 is 0 Å². The van der Waals surface area contributed by atoms with Crippen molar-refractivity contribution in [1.82, 2.24) is 14.3 Å². The molecule has 4 rings (SSSR count). The van der Waals surface area contributed by atoms with Gasteiger partial charge in [-0.3, -0.25) is 0 Å². The summed E-state index contributed by atoms with van der Waals surface area (Å²) in [5.74, 6) is 2.23. The summed E-state index contributed by atoms with van der Waals surface area (Å²) in [6.45, 7) is 8.67. The quantitative estimate of drug-likeness (QED) is 0.681. The summed E-state index contributed by atoms with van der Waals surface area (Å²) in [6.07, 6.45) is 0. The summed E-state index contributed by atoms with van der Waals surface area (Å²) < 4.78 is 38.4. The molecule has 0 saturated carbocycles. The second kappa shape index (κ2) is 8.97. The number of anilines is 2. The van der Waals surface area contributed by atoms with E-state index in [1.807, 2.05) is 19.9 Å². The Bertz CT molecular complexity index is 1030. The topological polar surface area (TPSA) is 88.1 Å². The first kappa shape index (κ1) is 21.8. The highest BCUT2D eigenvalue weighted by atomic mass is 32.2. The fraction of sp³-hybridized carbons (Fsp3) is 0.524. The lowest BCUT2D eigenvalue weighted by molar-refractivity contribution is 0.122. The van der Waals surface area contributed by atoms with Gasteiger partial charge in [0.2, 0.25) is 16.0 Å². The van der Waals surface area contributed by atoms with Crippen LogP contribution < -0.4 is 14.5 Å². The number of aromatic nitrogens is 2. The van der Waals surface area contributed by atoms with Crippen LogP contribution in [0.5, 0.6) is 5.75 Å². The van der Waals surface area contributed by atoms with E-state index in [0.29, 0.717) is 56.0 Å². The molecule has 3 heterocycles. The SMILES string of the molecule is COc1ccc(S(=O)(=O)N2CCN(c3nc(C)cc(N4CCOCC4)n3)CC2)cc1C. The van der Waals surface area contributed by atoms with Crippen LogP contribution in [0.3, 0.4) is 0 Å². The predicted octanol–water partition coefficient (Wildman–Crippen LogP) is 1.45. The van der Waals surface area contributed by atoms with Crippen LogP contribution in [0, 0.1) is 13.8 Å².